The number of rotatable bonds is 18. The summed E-state index contributed by atoms with van der Waals surface area (Å²) in [6, 6.07) is 66.4. The van der Waals surface area contributed by atoms with E-state index in [1.54, 1.807) is 109 Å². The van der Waals surface area contributed by atoms with Crippen LogP contribution in [0.25, 0.3) is 51.4 Å². The van der Waals surface area contributed by atoms with Crippen LogP contribution in [-0.2, 0) is 124 Å². The molecule has 2 aromatic carbocycles. The minimum atomic E-state index is -4.67. The molecule has 18 aromatic rings. The third kappa shape index (κ3) is 24.5. The number of pyridine rings is 8. The van der Waals surface area contributed by atoms with Crippen molar-refractivity contribution in [1.29, 1.82) is 5.26 Å². The first-order valence-corrected chi connectivity index (χ1v) is 41.9. The molecular weight excluding hydrogens is 2250 g/mol. The van der Waals surface area contributed by atoms with Crippen LogP contribution in [0.15, 0.2) is 265 Å². The van der Waals surface area contributed by atoms with Gasteiger partial charge in [0.2, 0.25) is 11.8 Å². The number of nitrogens with zero attached hydrogens (tertiary/aromatic N) is 26. The predicted molar refractivity (Wildman–Crippen MR) is 435 cm³/mol. The van der Waals surface area contributed by atoms with Gasteiger partial charge < -0.3 is 52.3 Å². The molecule has 0 saturated carbocycles. The maximum atomic E-state index is 13.3. The molecule has 0 amide bonds. The SMILES string of the molecule is C[Si](C)(c1cccc(-n2[c-]cc(C(F)(F)F)n2)n1)c1cccc(-n2[c-]cc(C(F)(F)F)n2)n1.FC(F)(F)c1c[c-]n(-c2cccc(C(c3ccccc3)(c3ccccc3)c3cccc(-n4[c-]cc(C(F)(F)F)n4)n3)n2)n1.FC(F)(F)c1c[c-]n(-c2cccc(Sc3cccc(-n4[c-]cc(C(F)(F)F)n4)n3)n2)n1.[C-]#[N+]c1c[c-]n(-c2cccc(Oc3cccc(-n4[c-]cc(C#N)n4)n3)n2)n1.[Pd+2].[Pd+2].[Pd+2].[Pd+2]. The Morgan fingerprint density at radius 1 is 0.304 bits per heavy atom. The van der Waals surface area contributed by atoms with Crippen molar-refractivity contribution in [2.24, 2.45) is 0 Å². The molecule has 0 unspecified atom stereocenters. The van der Waals surface area contributed by atoms with Crippen molar-refractivity contribution in [2.75, 3.05) is 0 Å². The monoisotopic (exact) mass is 2300 g/mol. The molecule has 0 aliphatic carbocycles. The van der Waals surface area contributed by atoms with Gasteiger partial charge in [-0.2, -0.15) is 79.0 Å². The third-order valence-corrected chi connectivity index (χ3v) is 22.6. The van der Waals surface area contributed by atoms with E-state index in [-0.39, 0.29) is 128 Å². The van der Waals surface area contributed by atoms with E-state index in [0.29, 0.717) is 78.7 Å². The third-order valence-electron chi connectivity index (χ3n) is 18.6. The summed E-state index contributed by atoms with van der Waals surface area (Å²) in [5.74, 6) is 2.36. The van der Waals surface area contributed by atoms with Gasteiger partial charge in [0.1, 0.15) is 5.41 Å². The zero-order valence-electron chi connectivity index (χ0n) is 68.8. The van der Waals surface area contributed by atoms with E-state index < -0.39 is 84.7 Å². The van der Waals surface area contributed by atoms with Crippen LogP contribution >= 0.6 is 11.8 Å². The van der Waals surface area contributed by atoms with Crippen molar-refractivity contribution in [2.45, 2.75) is 65.6 Å². The molecule has 0 saturated heterocycles. The van der Waals surface area contributed by atoms with Crippen molar-refractivity contribution in [3.05, 3.63) is 378 Å². The number of aromatic nitrogens is 24. The van der Waals surface area contributed by atoms with Gasteiger partial charge in [0.25, 0.3) is 0 Å². The molecule has 0 atom stereocenters. The van der Waals surface area contributed by atoms with Gasteiger partial charge in [-0.15, -0.1) is 42.5 Å². The Hall–Kier alpha value is -13.9. The van der Waals surface area contributed by atoms with Crippen LogP contribution in [0.1, 0.15) is 62.4 Å². The summed E-state index contributed by atoms with van der Waals surface area (Å²) >= 11 is 1.05. The Morgan fingerprint density at radius 2 is 0.572 bits per heavy atom. The van der Waals surface area contributed by atoms with E-state index in [2.05, 4.69) is 125 Å². The minimum Gasteiger partial charge on any atom is -0.423 e. The second-order valence-corrected chi connectivity index (χ2v) is 33.2. The van der Waals surface area contributed by atoms with Crippen LogP contribution in [0.2, 0.25) is 13.1 Å². The number of ether oxygens (including phenoxy) is 1. The first-order valence-electron chi connectivity index (χ1n) is 38.1. The van der Waals surface area contributed by atoms with Crippen molar-refractivity contribution in [1.82, 2.24) is 118 Å². The summed E-state index contributed by atoms with van der Waals surface area (Å²) in [4.78, 5) is 38.8. The molecule has 0 aliphatic heterocycles. The Bertz CT molecular complexity index is 6860. The number of alkyl halides is 18. The fourth-order valence-electron chi connectivity index (χ4n) is 12.4. The molecular formula is C87H48F18N26OPd4SSi. The molecule has 27 nitrogen and oxygen atoms in total. The molecule has 0 fully saturated rings. The molecule has 16 aromatic heterocycles. The van der Waals surface area contributed by atoms with Gasteiger partial charge in [0, 0.05) is 22.0 Å². The smallest absolute Gasteiger partial charge is 0.423 e. The van der Waals surface area contributed by atoms with Crippen molar-refractivity contribution < 1.29 is 165 Å². The van der Waals surface area contributed by atoms with Gasteiger partial charge in [0.05, 0.1) is 103 Å². The zero-order valence-corrected chi connectivity index (χ0v) is 76.8. The van der Waals surface area contributed by atoms with Crippen molar-refractivity contribution in [3.8, 4) is 64.4 Å². The summed E-state index contributed by atoms with van der Waals surface area (Å²) in [6.07, 6.45) is -7.65. The zero-order chi connectivity index (χ0) is 95.1. The summed E-state index contributed by atoms with van der Waals surface area (Å²) in [6.45, 7) is 10.8. The summed E-state index contributed by atoms with van der Waals surface area (Å²) < 4.78 is 247. The van der Waals surface area contributed by atoms with E-state index in [1.807, 2.05) is 79.8 Å². The Balaban J connectivity index is 0.000000177. The van der Waals surface area contributed by atoms with E-state index in [9.17, 15) is 79.0 Å². The number of hydrogen-bond donors (Lipinski definition) is 0. The van der Waals surface area contributed by atoms with Crippen LogP contribution in [0.3, 0.4) is 0 Å². The maximum Gasteiger partial charge on any atom is 2.00 e. The van der Waals surface area contributed by atoms with Gasteiger partial charge in [-0.1, -0.05) is 233 Å². The summed E-state index contributed by atoms with van der Waals surface area (Å²) in [5.41, 5.74) is -5.56. The largest absolute Gasteiger partial charge is 2.00 e. The summed E-state index contributed by atoms with van der Waals surface area (Å²) in [7, 11) is -2.62. The topological polar surface area (TPSA) is 283 Å². The van der Waals surface area contributed by atoms with E-state index in [1.165, 1.54) is 57.9 Å². The average molecular weight is 2300 g/mol. The molecule has 0 spiro atoms. The van der Waals surface area contributed by atoms with Crippen LogP contribution in [0.4, 0.5) is 84.8 Å². The quantitative estimate of drug-likeness (QED) is 0.0438. The normalized spacial score (nSPS) is 11.7. The standard InChI is InChI=1S/C31H18F6N6.C20H14F6N6Si.C18H8F6N6S.C18H8N8O.4Pd/c32-30(33,34)25-17-19-42(40-25)27-15-7-13-23(38-27)29(21-9-3-1-4-10-21,22-11-5-2-6-12-22)24-14-8-16-28(39-24)43-20-18-26(41-43)31(35,36)37;1-33(2,17-7-3-5-15(27-17)31-11-9-13(29-31)19(21,22)23)18-8-4-6-16(28-18)32-12-10-14(30-32)20(24,25)26;19-17(20,21)11-7-9-29(27-11)13-3-1-5-15(25-13)31-16-6-2-4-14(26-16)30-10-8-12(28-30)18(22,23)24;1-20-14-9-11-26(24-14)16-5-3-7-18(22-16)27-17-6-2-4-15(21-17)25-10-8-13(12-19)23-25;;;;/h1-18H;3-10H,1-2H3;1-8H;2-9H;;;;/q4*-2;4*+2. The maximum absolute atomic E-state index is 13.3. The van der Waals surface area contributed by atoms with E-state index >= 15 is 0 Å². The average Bonchev–Trinajstić information content (AvgIpc) is 0.777. The van der Waals surface area contributed by atoms with Crippen molar-refractivity contribution >= 4 is 36.3 Å². The Labute approximate surface area is 827 Å². The van der Waals surface area contributed by atoms with Gasteiger partial charge >= 0.3 is 125 Å². The number of hydrogen-bond acceptors (Lipinski definition) is 19. The van der Waals surface area contributed by atoms with Gasteiger partial charge in [-0.05, 0) is 77.0 Å². The molecule has 0 radical (unpaired) electrons. The van der Waals surface area contributed by atoms with E-state index in [4.69, 9.17) is 26.5 Å². The minimum absolute atomic E-state index is 0. The Kier molecular flexibility index (Phi) is 32.7. The van der Waals surface area contributed by atoms with Crippen LogP contribution in [0, 0.1) is 67.5 Å². The Morgan fingerprint density at radius 3 is 0.870 bits per heavy atom. The van der Waals surface area contributed by atoms with Crippen LogP contribution in [0.5, 0.6) is 11.8 Å². The van der Waals surface area contributed by atoms with Gasteiger partial charge in [0.15, 0.2) is 8.07 Å². The first-order chi connectivity index (χ1) is 63.8. The molecule has 18 rings (SSSR count). The van der Waals surface area contributed by atoms with Gasteiger partial charge in [-0.25, -0.2) is 15.0 Å². The van der Waals surface area contributed by atoms with Crippen LogP contribution in [-0.4, -0.2) is 126 Å². The molecule has 0 aliphatic rings. The first kappa shape index (κ1) is 105. The molecule has 51 heteroatoms. The van der Waals surface area contributed by atoms with E-state index in [0.717, 1.165) is 64.1 Å². The molecule has 0 N–H and O–H groups in total. The number of nitriles is 1. The number of halogens is 18. The fourth-order valence-corrected chi connectivity index (χ4v) is 15.2. The fraction of sp³-hybridized carbons (Fsp3) is 0.103. The second kappa shape index (κ2) is 43.2. The molecule has 0 bridgehead atoms. The summed E-state index contributed by atoms with van der Waals surface area (Å²) in [5, 5.41) is 39.9. The second-order valence-electron chi connectivity index (χ2n) is 27.9. The predicted octanol–water partition coefficient (Wildman–Crippen LogP) is 17.5. The molecule has 138 heavy (non-hydrogen) atoms. The number of benzene rings is 2. The molecule has 16 heterocycles. The van der Waals surface area contributed by atoms with Crippen molar-refractivity contribution in [3.63, 3.8) is 0 Å². The molecule has 708 valence electrons. The van der Waals surface area contributed by atoms with Gasteiger partial charge in [-0.3, -0.25) is 60.5 Å². The van der Waals surface area contributed by atoms with Crippen LogP contribution < -0.4 is 15.4 Å².